The summed E-state index contributed by atoms with van der Waals surface area (Å²) in [7, 11) is 3.35. The third kappa shape index (κ3) is 7.47. The Morgan fingerprint density at radius 2 is 1.76 bits per heavy atom. The number of hydrogen-bond acceptors (Lipinski definition) is 5. The van der Waals surface area contributed by atoms with Gasteiger partial charge in [-0.15, -0.1) is 0 Å². The number of benzene rings is 1. The summed E-state index contributed by atoms with van der Waals surface area (Å²) >= 11 is 3.30. The van der Waals surface area contributed by atoms with E-state index < -0.39 is 0 Å². The van der Waals surface area contributed by atoms with E-state index in [9.17, 15) is 9.59 Å². The summed E-state index contributed by atoms with van der Waals surface area (Å²) in [6.45, 7) is 4.30. The third-order valence-electron chi connectivity index (χ3n) is 4.28. The Morgan fingerprint density at radius 1 is 1.10 bits per heavy atom. The van der Waals surface area contributed by atoms with Crippen LogP contribution >= 0.6 is 15.9 Å². The normalized spacial score (nSPS) is 12.0. The van der Waals surface area contributed by atoms with Gasteiger partial charge in [-0.25, -0.2) is 4.98 Å². The number of pyridine rings is 1. The zero-order chi connectivity index (χ0) is 21.4. The Balaban J connectivity index is 1.87. The van der Waals surface area contributed by atoms with E-state index in [1.807, 2.05) is 24.3 Å². The van der Waals surface area contributed by atoms with Crippen LogP contribution in [-0.2, 0) is 9.59 Å². The number of rotatable bonds is 9. The van der Waals surface area contributed by atoms with Crippen LogP contribution in [0.2, 0.25) is 0 Å². The lowest BCUT2D eigenvalue weighted by molar-refractivity contribution is -0.123. The van der Waals surface area contributed by atoms with Gasteiger partial charge in [0.15, 0.2) is 0 Å². The smallest absolute Gasteiger partial charge is 0.239 e. The molecule has 0 aliphatic rings. The first-order valence-electron chi connectivity index (χ1n) is 9.31. The standard InChI is InChI=1S/C21H27BrN4O3/c1-14(2)21(15-5-8-17(29-4)9-6-15)25-20(28)13-26(3)12-19(27)24-18-10-7-16(22)11-23-18/h5-11,14,21H,12-13H2,1-4H3,(H,25,28)(H,23,24,27). The van der Waals surface area contributed by atoms with E-state index in [1.165, 1.54) is 0 Å². The van der Waals surface area contributed by atoms with Crippen LogP contribution in [0.3, 0.4) is 0 Å². The predicted molar refractivity (Wildman–Crippen MR) is 117 cm³/mol. The van der Waals surface area contributed by atoms with E-state index in [4.69, 9.17) is 4.74 Å². The van der Waals surface area contributed by atoms with Crippen LogP contribution in [0.5, 0.6) is 5.75 Å². The van der Waals surface area contributed by atoms with E-state index in [-0.39, 0.29) is 36.9 Å². The summed E-state index contributed by atoms with van der Waals surface area (Å²) in [5.74, 6) is 1.08. The molecule has 1 aromatic carbocycles. The highest BCUT2D eigenvalue weighted by Gasteiger charge is 2.20. The molecule has 0 bridgehead atoms. The molecule has 7 nitrogen and oxygen atoms in total. The average Bonchev–Trinajstić information content (AvgIpc) is 2.67. The number of carbonyl (C=O) groups excluding carboxylic acids is 2. The van der Waals surface area contributed by atoms with Crippen molar-refractivity contribution < 1.29 is 14.3 Å². The number of anilines is 1. The minimum absolute atomic E-state index is 0.0834. The highest BCUT2D eigenvalue weighted by Crippen LogP contribution is 2.23. The number of nitrogens with one attached hydrogen (secondary N) is 2. The summed E-state index contributed by atoms with van der Waals surface area (Å²) < 4.78 is 6.02. The van der Waals surface area contributed by atoms with E-state index >= 15 is 0 Å². The van der Waals surface area contributed by atoms with E-state index in [0.717, 1.165) is 15.8 Å². The summed E-state index contributed by atoms with van der Waals surface area (Å²) in [6.07, 6.45) is 1.61. The molecule has 2 aromatic rings. The van der Waals surface area contributed by atoms with Gasteiger partial charge in [0.05, 0.1) is 26.2 Å². The van der Waals surface area contributed by atoms with E-state index in [1.54, 1.807) is 37.4 Å². The van der Waals surface area contributed by atoms with Gasteiger partial charge >= 0.3 is 0 Å². The summed E-state index contributed by atoms with van der Waals surface area (Å²) in [5, 5.41) is 5.77. The van der Waals surface area contributed by atoms with Gasteiger partial charge in [0.1, 0.15) is 11.6 Å². The van der Waals surface area contributed by atoms with Crippen molar-refractivity contribution in [2.45, 2.75) is 19.9 Å². The lowest BCUT2D eigenvalue weighted by Crippen LogP contribution is -2.41. The maximum Gasteiger partial charge on any atom is 0.239 e. The molecule has 29 heavy (non-hydrogen) atoms. The number of nitrogens with zero attached hydrogens (tertiary/aromatic N) is 2. The fourth-order valence-corrected chi connectivity index (χ4v) is 3.08. The molecule has 0 spiro atoms. The van der Waals surface area contributed by atoms with Crippen molar-refractivity contribution in [2.24, 2.45) is 5.92 Å². The molecule has 2 amide bonds. The number of halogens is 1. The molecule has 0 saturated carbocycles. The molecule has 1 heterocycles. The Morgan fingerprint density at radius 3 is 2.31 bits per heavy atom. The molecule has 2 N–H and O–H groups in total. The molecule has 1 aromatic heterocycles. The van der Waals surface area contributed by atoms with Gasteiger partial charge in [-0.1, -0.05) is 26.0 Å². The van der Waals surface area contributed by atoms with Crippen LogP contribution < -0.4 is 15.4 Å². The molecule has 8 heteroatoms. The summed E-state index contributed by atoms with van der Waals surface area (Å²) in [6, 6.07) is 11.0. The SMILES string of the molecule is COc1ccc(C(NC(=O)CN(C)CC(=O)Nc2ccc(Br)cn2)C(C)C)cc1. The van der Waals surface area contributed by atoms with Crippen molar-refractivity contribution in [1.29, 1.82) is 0 Å². The monoisotopic (exact) mass is 462 g/mol. The maximum atomic E-state index is 12.5. The van der Waals surface area contributed by atoms with Crippen LogP contribution in [0.25, 0.3) is 0 Å². The molecule has 0 radical (unpaired) electrons. The van der Waals surface area contributed by atoms with E-state index in [0.29, 0.717) is 5.82 Å². The zero-order valence-corrected chi connectivity index (χ0v) is 18.7. The van der Waals surface area contributed by atoms with Crippen molar-refractivity contribution in [1.82, 2.24) is 15.2 Å². The number of likely N-dealkylation sites (N-methyl/N-ethyl adjacent to an activating group) is 1. The topological polar surface area (TPSA) is 83.6 Å². The summed E-state index contributed by atoms with van der Waals surface area (Å²) in [5.41, 5.74) is 1.01. The van der Waals surface area contributed by atoms with Crippen LogP contribution in [-0.4, -0.2) is 48.9 Å². The minimum Gasteiger partial charge on any atom is -0.497 e. The first kappa shape index (κ1) is 22.8. The van der Waals surface area contributed by atoms with Crippen LogP contribution in [0.15, 0.2) is 47.1 Å². The van der Waals surface area contributed by atoms with Crippen LogP contribution in [0, 0.1) is 5.92 Å². The second kappa shape index (κ2) is 10.9. The molecular weight excluding hydrogens is 436 g/mol. The predicted octanol–water partition coefficient (Wildman–Crippen LogP) is 3.24. The second-order valence-corrected chi connectivity index (χ2v) is 8.06. The molecule has 1 atom stereocenters. The van der Waals surface area contributed by atoms with Gasteiger partial charge in [0, 0.05) is 10.7 Å². The first-order chi connectivity index (χ1) is 13.8. The Hall–Kier alpha value is -2.45. The number of amides is 2. The van der Waals surface area contributed by atoms with Crippen molar-refractivity contribution in [2.75, 3.05) is 32.6 Å². The molecule has 2 rings (SSSR count). The van der Waals surface area contributed by atoms with Gasteiger partial charge in [0.25, 0.3) is 0 Å². The van der Waals surface area contributed by atoms with Crippen LogP contribution in [0.1, 0.15) is 25.5 Å². The van der Waals surface area contributed by atoms with E-state index in [2.05, 4.69) is 45.4 Å². The van der Waals surface area contributed by atoms with Crippen molar-refractivity contribution in [3.63, 3.8) is 0 Å². The number of aromatic nitrogens is 1. The molecule has 156 valence electrons. The van der Waals surface area contributed by atoms with Gasteiger partial charge < -0.3 is 15.4 Å². The van der Waals surface area contributed by atoms with Gasteiger partial charge in [-0.3, -0.25) is 14.5 Å². The Kier molecular flexibility index (Phi) is 8.60. The van der Waals surface area contributed by atoms with Gasteiger partial charge in [-0.2, -0.15) is 0 Å². The molecule has 0 fully saturated rings. The number of methoxy groups -OCH3 is 1. The maximum absolute atomic E-state index is 12.5. The highest BCUT2D eigenvalue weighted by atomic mass is 79.9. The minimum atomic E-state index is -0.231. The molecule has 0 saturated heterocycles. The first-order valence-corrected chi connectivity index (χ1v) is 10.1. The van der Waals surface area contributed by atoms with Gasteiger partial charge in [0.2, 0.25) is 11.8 Å². The Labute approximate surface area is 180 Å². The Bertz CT molecular complexity index is 810. The second-order valence-electron chi connectivity index (χ2n) is 7.14. The lowest BCUT2D eigenvalue weighted by Gasteiger charge is -2.24. The molecule has 0 aliphatic carbocycles. The number of carbonyl (C=O) groups is 2. The molecule has 1 unspecified atom stereocenters. The summed E-state index contributed by atoms with van der Waals surface area (Å²) in [4.78, 5) is 30.4. The third-order valence-corrected chi connectivity index (χ3v) is 4.75. The van der Waals surface area contributed by atoms with Crippen molar-refractivity contribution in [3.05, 3.63) is 52.6 Å². The lowest BCUT2D eigenvalue weighted by atomic mass is 9.96. The van der Waals surface area contributed by atoms with Crippen LogP contribution in [0.4, 0.5) is 5.82 Å². The van der Waals surface area contributed by atoms with Crippen molar-refractivity contribution in [3.8, 4) is 5.75 Å². The molecular formula is C21H27BrN4O3. The fourth-order valence-electron chi connectivity index (χ4n) is 2.84. The number of ether oxygens (including phenoxy) is 1. The number of hydrogen-bond donors (Lipinski definition) is 2. The highest BCUT2D eigenvalue weighted by molar-refractivity contribution is 9.10. The molecule has 0 aliphatic heterocycles. The average molecular weight is 463 g/mol. The van der Waals surface area contributed by atoms with Crippen molar-refractivity contribution >= 4 is 33.6 Å². The quantitative estimate of drug-likeness (QED) is 0.597. The zero-order valence-electron chi connectivity index (χ0n) is 17.1. The fraction of sp³-hybridized carbons (Fsp3) is 0.381. The van der Waals surface area contributed by atoms with Gasteiger partial charge in [-0.05, 0) is 58.7 Å². The largest absolute Gasteiger partial charge is 0.497 e.